The maximum Gasteiger partial charge on any atom is 0.511 e. The monoisotopic (exact) mass is 228 g/mol. The fraction of sp³-hybridized carbons (Fsp3) is 0.300. The van der Waals surface area contributed by atoms with E-state index in [4.69, 9.17) is 19.7 Å². The maximum absolute atomic E-state index is 10.4. The van der Waals surface area contributed by atoms with Crippen molar-refractivity contribution in [3.63, 3.8) is 0 Å². The molecule has 0 aliphatic rings. The van der Waals surface area contributed by atoms with Crippen LogP contribution in [0, 0.1) is 0 Å². The number of hydrogen-bond acceptors (Lipinski definition) is 5. The third-order valence-corrected chi connectivity index (χ3v) is 1.93. The van der Waals surface area contributed by atoms with Gasteiger partial charge in [0.25, 0.3) is 0 Å². The molecule has 0 saturated carbocycles. The molecule has 1 aromatic rings. The van der Waals surface area contributed by atoms with Crippen molar-refractivity contribution in [1.29, 1.82) is 0 Å². The maximum atomic E-state index is 10.4. The zero-order chi connectivity index (χ0) is 12.1. The minimum atomic E-state index is -1.46. The van der Waals surface area contributed by atoms with Crippen LogP contribution in [0.3, 0.4) is 0 Å². The van der Waals surface area contributed by atoms with Crippen LogP contribution in [0.15, 0.2) is 12.1 Å². The van der Waals surface area contributed by atoms with Crippen LogP contribution in [-0.2, 0) is 6.61 Å². The summed E-state index contributed by atoms with van der Waals surface area (Å²) in [6, 6.07) is 2.80. The van der Waals surface area contributed by atoms with Gasteiger partial charge in [0.1, 0.15) is 5.75 Å². The molecular formula is C10H12O6. The van der Waals surface area contributed by atoms with Gasteiger partial charge in [-0.15, -0.1) is 0 Å². The third-order valence-electron chi connectivity index (χ3n) is 1.93. The molecule has 0 heterocycles. The van der Waals surface area contributed by atoms with E-state index in [0.717, 1.165) is 0 Å². The summed E-state index contributed by atoms with van der Waals surface area (Å²) >= 11 is 0. The Bertz CT molecular complexity index is 387. The predicted octanol–water partition coefficient (Wildman–Crippen LogP) is 1.25. The van der Waals surface area contributed by atoms with Crippen LogP contribution in [0.2, 0.25) is 0 Å². The van der Waals surface area contributed by atoms with E-state index in [1.165, 1.54) is 26.4 Å². The Hall–Kier alpha value is -1.95. The molecule has 0 amide bonds. The second-order valence-electron chi connectivity index (χ2n) is 2.84. The van der Waals surface area contributed by atoms with Gasteiger partial charge in [-0.3, -0.25) is 0 Å². The Morgan fingerprint density at radius 1 is 1.19 bits per heavy atom. The second kappa shape index (κ2) is 5.22. The van der Waals surface area contributed by atoms with Crippen LogP contribution in [0.25, 0.3) is 0 Å². The molecule has 2 N–H and O–H groups in total. The zero-order valence-corrected chi connectivity index (χ0v) is 8.89. The predicted molar refractivity (Wildman–Crippen MR) is 54.1 cm³/mol. The topological polar surface area (TPSA) is 85.2 Å². The van der Waals surface area contributed by atoms with E-state index < -0.39 is 6.16 Å². The van der Waals surface area contributed by atoms with Crippen LogP contribution >= 0.6 is 0 Å². The number of ether oxygens (including phenoxy) is 3. The first-order valence-corrected chi connectivity index (χ1v) is 4.39. The van der Waals surface area contributed by atoms with Gasteiger partial charge >= 0.3 is 6.16 Å². The summed E-state index contributed by atoms with van der Waals surface area (Å²) in [6.07, 6.45) is -1.46. The van der Waals surface area contributed by atoms with Gasteiger partial charge in [-0.25, -0.2) is 4.79 Å². The average molecular weight is 228 g/mol. The van der Waals surface area contributed by atoms with Crippen molar-refractivity contribution in [3.05, 3.63) is 17.7 Å². The zero-order valence-electron chi connectivity index (χ0n) is 8.89. The van der Waals surface area contributed by atoms with Crippen LogP contribution in [0.1, 0.15) is 5.56 Å². The summed E-state index contributed by atoms with van der Waals surface area (Å²) in [5.41, 5.74) is 0.306. The fourth-order valence-electron chi connectivity index (χ4n) is 1.22. The molecule has 16 heavy (non-hydrogen) atoms. The standard InChI is InChI=1S/C10H12O6/c1-14-8-3-6(5-11)7(16-10(12)13)4-9(8)15-2/h3-4,11H,5H2,1-2H3,(H,12,13). The molecule has 0 aliphatic heterocycles. The summed E-state index contributed by atoms with van der Waals surface area (Å²) in [5.74, 6) is 0.743. The molecule has 0 aliphatic carbocycles. The van der Waals surface area contributed by atoms with Gasteiger partial charge in [-0.1, -0.05) is 0 Å². The van der Waals surface area contributed by atoms with Crippen LogP contribution < -0.4 is 14.2 Å². The van der Waals surface area contributed by atoms with Gasteiger partial charge in [0.15, 0.2) is 11.5 Å². The highest BCUT2D eigenvalue weighted by molar-refractivity contribution is 5.63. The summed E-state index contributed by atoms with van der Waals surface area (Å²) < 4.78 is 14.5. The highest BCUT2D eigenvalue weighted by atomic mass is 16.7. The smallest absolute Gasteiger partial charge is 0.493 e. The lowest BCUT2D eigenvalue weighted by atomic mass is 10.2. The Morgan fingerprint density at radius 2 is 1.75 bits per heavy atom. The van der Waals surface area contributed by atoms with Crippen LogP contribution in [0.4, 0.5) is 4.79 Å². The lowest BCUT2D eigenvalue weighted by Gasteiger charge is -2.12. The number of benzene rings is 1. The van der Waals surface area contributed by atoms with Crippen molar-refractivity contribution in [2.45, 2.75) is 6.61 Å². The van der Waals surface area contributed by atoms with Crippen molar-refractivity contribution in [2.75, 3.05) is 14.2 Å². The Morgan fingerprint density at radius 3 is 2.19 bits per heavy atom. The molecule has 1 aromatic carbocycles. The second-order valence-corrected chi connectivity index (χ2v) is 2.84. The highest BCUT2D eigenvalue weighted by Crippen LogP contribution is 2.34. The van der Waals surface area contributed by atoms with E-state index in [0.29, 0.717) is 17.1 Å². The molecule has 6 nitrogen and oxygen atoms in total. The molecular weight excluding hydrogens is 216 g/mol. The first-order chi connectivity index (χ1) is 7.62. The number of rotatable bonds is 4. The molecule has 0 radical (unpaired) electrons. The first kappa shape index (κ1) is 12.1. The van der Waals surface area contributed by atoms with Gasteiger partial charge in [0, 0.05) is 11.6 Å². The SMILES string of the molecule is COc1cc(CO)c(OC(=O)O)cc1OC. The number of aliphatic hydroxyl groups excluding tert-OH is 1. The van der Waals surface area contributed by atoms with E-state index in [9.17, 15) is 4.79 Å². The van der Waals surface area contributed by atoms with Crippen molar-refractivity contribution < 1.29 is 29.2 Å². The largest absolute Gasteiger partial charge is 0.511 e. The van der Waals surface area contributed by atoms with E-state index >= 15 is 0 Å². The summed E-state index contributed by atoms with van der Waals surface area (Å²) in [6.45, 7) is -0.358. The Balaban J connectivity index is 3.20. The molecule has 0 unspecified atom stereocenters. The van der Waals surface area contributed by atoms with E-state index in [-0.39, 0.29) is 12.4 Å². The van der Waals surface area contributed by atoms with E-state index in [1.54, 1.807) is 0 Å². The van der Waals surface area contributed by atoms with Gasteiger partial charge in [0.2, 0.25) is 0 Å². The molecule has 0 spiro atoms. The Kier molecular flexibility index (Phi) is 3.96. The van der Waals surface area contributed by atoms with Crippen molar-refractivity contribution in [3.8, 4) is 17.2 Å². The normalized spacial score (nSPS) is 9.69. The summed E-state index contributed by atoms with van der Waals surface area (Å²) in [7, 11) is 2.86. The molecule has 0 saturated heterocycles. The molecule has 6 heteroatoms. The van der Waals surface area contributed by atoms with E-state index in [2.05, 4.69) is 4.74 Å². The number of carbonyl (C=O) groups is 1. The first-order valence-electron chi connectivity index (χ1n) is 4.39. The highest BCUT2D eigenvalue weighted by Gasteiger charge is 2.13. The number of carboxylic acid groups (broad SMARTS) is 1. The third kappa shape index (κ3) is 2.54. The number of aliphatic hydroxyl groups is 1. The molecule has 1 rings (SSSR count). The van der Waals surface area contributed by atoms with Gasteiger partial charge in [0.05, 0.1) is 20.8 Å². The molecule has 88 valence electrons. The summed E-state index contributed by atoms with van der Waals surface area (Å²) in [5, 5.41) is 17.5. The molecule has 0 fully saturated rings. The van der Waals surface area contributed by atoms with Gasteiger partial charge in [-0.2, -0.15) is 0 Å². The lowest BCUT2D eigenvalue weighted by Crippen LogP contribution is -2.06. The minimum absolute atomic E-state index is 0.0210. The molecule has 0 atom stereocenters. The quantitative estimate of drug-likeness (QED) is 0.596. The van der Waals surface area contributed by atoms with Gasteiger partial charge in [-0.05, 0) is 6.07 Å². The molecule has 0 bridgehead atoms. The fourth-order valence-corrected chi connectivity index (χ4v) is 1.22. The minimum Gasteiger partial charge on any atom is -0.493 e. The van der Waals surface area contributed by atoms with Crippen molar-refractivity contribution in [1.82, 2.24) is 0 Å². The Labute approximate surface area is 92.0 Å². The number of hydrogen-bond donors (Lipinski definition) is 2. The van der Waals surface area contributed by atoms with Crippen LogP contribution in [0.5, 0.6) is 17.2 Å². The van der Waals surface area contributed by atoms with Crippen molar-refractivity contribution in [2.24, 2.45) is 0 Å². The molecule has 0 aromatic heterocycles. The summed E-state index contributed by atoms with van der Waals surface area (Å²) in [4.78, 5) is 10.4. The lowest BCUT2D eigenvalue weighted by molar-refractivity contribution is 0.143. The van der Waals surface area contributed by atoms with E-state index in [1.807, 2.05) is 0 Å². The van der Waals surface area contributed by atoms with Crippen LogP contribution in [-0.4, -0.2) is 30.6 Å². The number of methoxy groups -OCH3 is 2. The van der Waals surface area contributed by atoms with Gasteiger partial charge < -0.3 is 24.4 Å². The average Bonchev–Trinajstić information content (AvgIpc) is 2.27. The van der Waals surface area contributed by atoms with Crippen molar-refractivity contribution >= 4 is 6.16 Å².